The average Bonchev–Trinajstić information content (AvgIpc) is 2.77. The molecule has 0 aliphatic heterocycles. The van der Waals surface area contributed by atoms with Crippen LogP contribution in [0.25, 0.3) is 0 Å². The maximum atomic E-state index is 12.5. The lowest BCUT2D eigenvalue weighted by atomic mass is 10.1. The van der Waals surface area contributed by atoms with E-state index in [-0.39, 0.29) is 31.1 Å². The molecule has 0 radical (unpaired) electrons. The molecule has 0 aliphatic rings. The smallest absolute Gasteiger partial charge is 0.458 e. The van der Waals surface area contributed by atoms with Crippen molar-refractivity contribution in [2.24, 2.45) is 5.73 Å². The molecule has 0 spiro atoms. The number of rotatable bonds is 11. The van der Waals surface area contributed by atoms with E-state index in [9.17, 15) is 19.2 Å². The van der Waals surface area contributed by atoms with Crippen LogP contribution >= 0.6 is 0 Å². The van der Waals surface area contributed by atoms with E-state index in [1.54, 1.807) is 48.5 Å². The quantitative estimate of drug-likeness (QED) is 0.167. The van der Waals surface area contributed by atoms with Gasteiger partial charge >= 0.3 is 24.4 Å². The minimum atomic E-state index is -1.10. The summed E-state index contributed by atoms with van der Waals surface area (Å²) in [6.07, 6.45) is -2.07. The highest BCUT2D eigenvalue weighted by Crippen LogP contribution is 2.31. The van der Waals surface area contributed by atoms with E-state index in [0.717, 1.165) is 6.42 Å². The summed E-state index contributed by atoms with van der Waals surface area (Å²) in [6.45, 7) is 13.5. The summed E-state index contributed by atoms with van der Waals surface area (Å²) in [5.74, 6) is -0.989. The molecule has 1 aromatic rings. The molecule has 0 aromatic heterocycles. The molecule has 0 saturated heterocycles. The van der Waals surface area contributed by atoms with Crippen molar-refractivity contribution in [2.75, 3.05) is 13.2 Å². The largest absolute Gasteiger partial charge is 0.514 e. The average molecular weight is 556 g/mol. The molecule has 2 N–H and O–H groups in total. The highest BCUT2D eigenvalue weighted by molar-refractivity contribution is 5.76. The number of hydrogen-bond donors (Lipinski definition) is 1. The SMILES string of the molecule is CCCCOC(=O)OC[C@H](C)OC(=O)[C@@H](N)Cc1ccc(OC(=O)OC(C)(C)C)c(OC(=O)OC(C)(C)C)c1. The lowest BCUT2D eigenvalue weighted by Crippen LogP contribution is -2.37. The molecule has 1 aromatic carbocycles. The molecule has 0 saturated carbocycles. The minimum Gasteiger partial charge on any atom is -0.458 e. The molecule has 0 unspecified atom stereocenters. The molecule has 2 atom stereocenters. The van der Waals surface area contributed by atoms with Crippen molar-refractivity contribution in [2.45, 2.75) is 98.0 Å². The summed E-state index contributed by atoms with van der Waals surface area (Å²) >= 11 is 0. The summed E-state index contributed by atoms with van der Waals surface area (Å²) < 4.78 is 35.9. The number of unbranched alkanes of at least 4 members (excludes halogenated alkanes) is 1. The zero-order chi connectivity index (χ0) is 29.8. The summed E-state index contributed by atoms with van der Waals surface area (Å²) in [5, 5.41) is 0. The Morgan fingerprint density at radius 2 is 1.41 bits per heavy atom. The Labute approximate surface area is 229 Å². The van der Waals surface area contributed by atoms with E-state index in [4.69, 9.17) is 38.9 Å². The second-order valence-electron chi connectivity index (χ2n) is 10.7. The van der Waals surface area contributed by atoms with Crippen LogP contribution in [0.15, 0.2) is 18.2 Å². The Bertz CT molecular complexity index is 979. The Morgan fingerprint density at radius 1 is 0.846 bits per heavy atom. The van der Waals surface area contributed by atoms with Crippen LogP contribution in [-0.2, 0) is 34.9 Å². The third-order valence-corrected chi connectivity index (χ3v) is 4.40. The Kier molecular flexibility index (Phi) is 13.0. The Hall–Kier alpha value is -3.54. The van der Waals surface area contributed by atoms with E-state index < -0.39 is 47.8 Å². The molecule has 12 heteroatoms. The van der Waals surface area contributed by atoms with Crippen LogP contribution in [0.5, 0.6) is 11.5 Å². The first-order chi connectivity index (χ1) is 18.0. The molecule has 39 heavy (non-hydrogen) atoms. The van der Waals surface area contributed by atoms with Crippen LogP contribution in [0.3, 0.4) is 0 Å². The Morgan fingerprint density at radius 3 is 1.95 bits per heavy atom. The zero-order valence-corrected chi connectivity index (χ0v) is 24.0. The van der Waals surface area contributed by atoms with Gasteiger partial charge in [-0.15, -0.1) is 0 Å². The molecule has 0 fully saturated rings. The number of nitrogens with two attached hydrogens (primary N) is 1. The maximum absolute atomic E-state index is 12.5. The van der Waals surface area contributed by atoms with Crippen molar-refractivity contribution in [3.8, 4) is 11.5 Å². The van der Waals surface area contributed by atoms with Crippen LogP contribution in [-0.4, -0.2) is 61.0 Å². The van der Waals surface area contributed by atoms with Gasteiger partial charge in [0.25, 0.3) is 0 Å². The second-order valence-corrected chi connectivity index (χ2v) is 10.7. The lowest BCUT2D eigenvalue weighted by Gasteiger charge is -2.21. The van der Waals surface area contributed by atoms with Gasteiger partial charge in [0.15, 0.2) is 11.5 Å². The lowest BCUT2D eigenvalue weighted by molar-refractivity contribution is -0.152. The molecule has 12 nitrogen and oxygen atoms in total. The molecule has 1 rings (SSSR count). The van der Waals surface area contributed by atoms with Gasteiger partial charge in [-0.2, -0.15) is 0 Å². The van der Waals surface area contributed by atoms with Crippen molar-refractivity contribution in [3.63, 3.8) is 0 Å². The first-order valence-electron chi connectivity index (χ1n) is 12.7. The normalized spacial score (nSPS) is 12.9. The summed E-state index contributed by atoms with van der Waals surface area (Å²) in [6, 6.07) is 3.19. The molecule has 0 heterocycles. The topological polar surface area (TPSA) is 159 Å². The van der Waals surface area contributed by atoms with Gasteiger partial charge in [0.05, 0.1) is 6.61 Å². The maximum Gasteiger partial charge on any atom is 0.514 e. The van der Waals surface area contributed by atoms with Gasteiger partial charge in [0.1, 0.15) is 30.0 Å². The predicted octanol–water partition coefficient (Wildman–Crippen LogP) is 5.07. The van der Waals surface area contributed by atoms with E-state index in [2.05, 4.69) is 0 Å². The van der Waals surface area contributed by atoms with E-state index in [0.29, 0.717) is 12.0 Å². The molecular weight excluding hydrogens is 514 g/mol. The molecule has 0 amide bonds. The van der Waals surface area contributed by atoms with Crippen LogP contribution < -0.4 is 15.2 Å². The van der Waals surface area contributed by atoms with Crippen molar-refractivity contribution in [3.05, 3.63) is 23.8 Å². The highest BCUT2D eigenvalue weighted by Gasteiger charge is 2.25. The number of esters is 1. The van der Waals surface area contributed by atoms with Crippen molar-refractivity contribution < 1.29 is 52.3 Å². The summed E-state index contributed by atoms with van der Waals surface area (Å²) in [5.41, 5.74) is 4.84. The molecule has 0 bridgehead atoms. The summed E-state index contributed by atoms with van der Waals surface area (Å²) in [7, 11) is 0. The monoisotopic (exact) mass is 555 g/mol. The number of hydrogen-bond acceptors (Lipinski definition) is 12. The standard InChI is InChI=1S/C27H41NO11/c1-9-10-13-33-23(30)34-16-17(2)35-22(29)19(28)14-18-11-12-20(36-24(31)38-26(3,4)5)21(15-18)37-25(32)39-27(6,7)8/h11-12,15,17,19H,9-10,13-14,16,28H2,1-8H3/t17-,19-/m0/s1. The third-order valence-electron chi connectivity index (χ3n) is 4.40. The fourth-order valence-corrected chi connectivity index (χ4v) is 2.75. The van der Waals surface area contributed by atoms with Crippen molar-refractivity contribution in [1.82, 2.24) is 0 Å². The minimum absolute atomic E-state index is 0.0110. The van der Waals surface area contributed by atoms with Crippen molar-refractivity contribution in [1.29, 1.82) is 0 Å². The van der Waals surface area contributed by atoms with Gasteiger partial charge in [-0.3, -0.25) is 4.79 Å². The molecular formula is C27H41NO11. The summed E-state index contributed by atoms with van der Waals surface area (Å²) in [4.78, 5) is 48.5. The van der Waals surface area contributed by atoms with Gasteiger partial charge in [-0.1, -0.05) is 19.4 Å². The van der Waals surface area contributed by atoms with Crippen LogP contribution in [0, 0.1) is 0 Å². The highest BCUT2D eigenvalue weighted by atomic mass is 16.8. The fraction of sp³-hybridized carbons (Fsp3) is 0.630. The van der Waals surface area contributed by atoms with Gasteiger partial charge in [0.2, 0.25) is 0 Å². The molecule has 220 valence electrons. The van der Waals surface area contributed by atoms with Gasteiger partial charge in [-0.25, -0.2) is 14.4 Å². The fourth-order valence-electron chi connectivity index (χ4n) is 2.75. The number of benzene rings is 1. The van der Waals surface area contributed by atoms with E-state index >= 15 is 0 Å². The van der Waals surface area contributed by atoms with E-state index in [1.807, 2.05) is 6.92 Å². The van der Waals surface area contributed by atoms with Crippen LogP contribution in [0.1, 0.15) is 73.8 Å². The van der Waals surface area contributed by atoms with Gasteiger partial charge in [0, 0.05) is 0 Å². The van der Waals surface area contributed by atoms with Crippen LogP contribution in [0.2, 0.25) is 0 Å². The molecule has 0 aliphatic carbocycles. The number of ether oxygens (including phenoxy) is 7. The van der Waals surface area contributed by atoms with Crippen molar-refractivity contribution >= 4 is 24.4 Å². The first-order valence-corrected chi connectivity index (χ1v) is 12.7. The second kappa shape index (κ2) is 15.2. The van der Waals surface area contributed by atoms with Gasteiger partial charge in [-0.05, 0) is 79.0 Å². The van der Waals surface area contributed by atoms with Gasteiger partial charge < -0.3 is 38.9 Å². The third kappa shape index (κ3) is 14.8. The zero-order valence-electron chi connectivity index (χ0n) is 24.0. The van der Waals surface area contributed by atoms with E-state index in [1.165, 1.54) is 18.2 Å². The van der Waals surface area contributed by atoms with Crippen LogP contribution in [0.4, 0.5) is 14.4 Å². The number of carbonyl (C=O) groups excluding carboxylic acids is 4. The first kappa shape index (κ1) is 33.5. The predicted molar refractivity (Wildman–Crippen MR) is 140 cm³/mol. The Balaban J connectivity index is 2.88. The number of carbonyl (C=O) groups is 4.